The van der Waals surface area contributed by atoms with Gasteiger partial charge in [-0.05, 0) is 43.0 Å². The highest BCUT2D eigenvalue weighted by molar-refractivity contribution is 7.99. The Balaban J connectivity index is 1.96. The summed E-state index contributed by atoms with van der Waals surface area (Å²) >= 11 is 1.51. The van der Waals surface area contributed by atoms with Crippen molar-refractivity contribution in [3.05, 3.63) is 59.6 Å². The maximum atomic E-state index is 13.5. The molecule has 2 N–H and O–H groups in total. The average Bonchev–Trinajstić information content (AvgIpc) is 3.26. The van der Waals surface area contributed by atoms with Gasteiger partial charge < -0.3 is 15.1 Å². The predicted molar refractivity (Wildman–Crippen MR) is 128 cm³/mol. The van der Waals surface area contributed by atoms with E-state index in [0.29, 0.717) is 30.9 Å². The molecule has 0 spiro atoms. The zero-order valence-electron chi connectivity index (χ0n) is 19.5. The third-order valence-corrected chi connectivity index (χ3v) is 6.11. The van der Waals surface area contributed by atoms with Gasteiger partial charge in [0.05, 0.1) is 23.8 Å². The van der Waals surface area contributed by atoms with Gasteiger partial charge >= 0.3 is 0 Å². The number of rotatable bonds is 15. The third-order valence-electron chi connectivity index (χ3n) is 5.13. The summed E-state index contributed by atoms with van der Waals surface area (Å²) in [5, 5.41) is 6.20. The van der Waals surface area contributed by atoms with E-state index >= 15 is 0 Å². The van der Waals surface area contributed by atoms with E-state index < -0.39 is 17.5 Å². The molecule has 182 valence electrons. The monoisotopic (exact) mass is 480 g/mol. The van der Waals surface area contributed by atoms with Crippen LogP contribution in [0.2, 0.25) is 0 Å². The molecule has 0 aliphatic heterocycles. The number of carbonyl (C=O) groups excluding carboxylic acids is 2. The lowest BCUT2D eigenvalue weighted by molar-refractivity contribution is -0.118. The van der Waals surface area contributed by atoms with E-state index in [2.05, 4.69) is 17.6 Å². The van der Waals surface area contributed by atoms with Gasteiger partial charge in [-0.1, -0.05) is 33.6 Å². The van der Waals surface area contributed by atoms with Crippen molar-refractivity contribution in [3.8, 4) is 0 Å². The molecule has 1 heterocycles. The molecule has 1 aromatic heterocycles. The van der Waals surface area contributed by atoms with Crippen molar-refractivity contribution in [2.45, 2.75) is 64.3 Å². The number of ketones is 1. The second-order valence-electron chi connectivity index (χ2n) is 8.60. The van der Waals surface area contributed by atoms with Gasteiger partial charge in [0.2, 0.25) is 0 Å². The topological polar surface area (TPSA) is 71.3 Å². The molecule has 2 aromatic rings. The molecule has 0 aliphatic rings. The van der Waals surface area contributed by atoms with E-state index in [4.69, 9.17) is 4.42 Å². The summed E-state index contributed by atoms with van der Waals surface area (Å²) in [4.78, 5) is 25.4. The van der Waals surface area contributed by atoms with Gasteiger partial charge in [-0.2, -0.15) is 0 Å². The predicted octanol–water partition coefficient (Wildman–Crippen LogP) is 5.35. The van der Waals surface area contributed by atoms with E-state index in [1.807, 2.05) is 26.0 Å². The molecule has 0 bridgehead atoms. The summed E-state index contributed by atoms with van der Waals surface area (Å²) in [6, 6.07) is 5.88. The van der Waals surface area contributed by atoms with Crippen LogP contribution in [0.15, 0.2) is 41.0 Å². The number of hydrogen-bond acceptors (Lipinski definition) is 5. The second kappa shape index (κ2) is 14.2. The van der Waals surface area contributed by atoms with Crippen molar-refractivity contribution in [1.82, 2.24) is 10.6 Å². The Morgan fingerprint density at radius 3 is 2.48 bits per heavy atom. The average molecular weight is 481 g/mol. The molecule has 0 saturated heterocycles. The Morgan fingerprint density at radius 1 is 1.15 bits per heavy atom. The Morgan fingerprint density at radius 2 is 1.88 bits per heavy atom. The maximum Gasteiger partial charge on any atom is 0.251 e. The molecule has 2 rings (SSSR count). The molecule has 5 nitrogen and oxygen atoms in total. The highest BCUT2D eigenvalue weighted by atomic mass is 32.2. The van der Waals surface area contributed by atoms with Crippen LogP contribution in [0, 0.1) is 17.6 Å². The van der Waals surface area contributed by atoms with Crippen LogP contribution in [0.5, 0.6) is 0 Å². The number of thioether (sulfide) groups is 1. The number of benzene rings is 1. The molecule has 33 heavy (non-hydrogen) atoms. The molecule has 2 unspecified atom stereocenters. The minimum Gasteiger partial charge on any atom is -0.468 e. The van der Waals surface area contributed by atoms with E-state index in [1.165, 1.54) is 11.8 Å². The first-order chi connectivity index (χ1) is 15.8. The highest BCUT2D eigenvalue weighted by Gasteiger charge is 2.22. The van der Waals surface area contributed by atoms with Crippen molar-refractivity contribution in [1.29, 1.82) is 0 Å². The number of carbonyl (C=O) groups is 2. The molecule has 1 amide bonds. The number of halogens is 2. The van der Waals surface area contributed by atoms with Crippen LogP contribution in [0.1, 0.15) is 62.6 Å². The third kappa shape index (κ3) is 10.1. The molecule has 0 radical (unpaired) electrons. The van der Waals surface area contributed by atoms with Crippen LogP contribution >= 0.6 is 11.8 Å². The van der Waals surface area contributed by atoms with Gasteiger partial charge in [-0.3, -0.25) is 9.59 Å². The van der Waals surface area contributed by atoms with Gasteiger partial charge in [-0.15, -0.1) is 11.8 Å². The van der Waals surface area contributed by atoms with Crippen LogP contribution in [0.4, 0.5) is 8.78 Å². The number of unbranched alkanes of at least 4 members (excludes halogenated alkanes) is 1. The van der Waals surface area contributed by atoms with Crippen LogP contribution in [0.25, 0.3) is 0 Å². The van der Waals surface area contributed by atoms with Gasteiger partial charge in [0.25, 0.3) is 5.91 Å². The summed E-state index contributed by atoms with van der Waals surface area (Å²) in [5.41, 5.74) is -0.0609. The zero-order valence-corrected chi connectivity index (χ0v) is 20.4. The number of nitrogens with one attached hydrogen (secondary N) is 2. The summed E-state index contributed by atoms with van der Waals surface area (Å²) < 4.78 is 32.3. The van der Waals surface area contributed by atoms with E-state index in [0.717, 1.165) is 36.8 Å². The number of amides is 1. The molecular formula is C25H34F2N2O3S. The Kier molecular flexibility index (Phi) is 11.6. The van der Waals surface area contributed by atoms with Gasteiger partial charge in [0.15, 0.2) is 5.78 Å². The fourth-order valence-electron chi connectivity index (χ4n) is 3.53. The van der Waals surface area contributed by atoms with Crippen LogP contribution in [0.3, 0.4) is 0 Å². The Bertz CT molecular complexity index is 854. The fraction of sp³-hybridized carbons (Fsp3) is 0.520. The van der Waals surface area contributed by atoms with Gasteiger partial charge in [0, 0.05) is 24.2 Å². The minimum atomic E-state index is -0.795. The zero-order chi connectivity index (χ0) is 24.2. The molecule has 0 aliphatic carbocycles. The second-order valence-corrected chi connectivity index (χ2v) is 9.59. The Labute approximate surface area is 199 Å². The SMILES string of the molecule is CCCCC(NCC(CC(C)C)NC(=O)c1cc(F)cc(F)c1)C(=O)CSCc1ccco1. The van der Waals surface area contributed by atoms with Crippen molar-refractivity contribution >= 4 is 23.5 Å². The molecule has 0 fully saturated rings. The van der Waals surface area contributed by atoms with Crippen molar-refractivity contribution in [3.63, 3.8) is 0 Å². The van der Waals surface area contributed by atoms with Gasteiger partial charge in [0.1, 0.15) is 17.4 Å². The lowest BCUT2D eigenvalue weighted by Gasteiger charge is -2.25. The number of hydrogen-bond donors (Lipinski definition) is 2. The summed E-state index contributed by atoms with van der Waals surface area (Å²) in [6.07, 6.45) is 4.88. The summed E-state index contributed by atoms with van der Waals surface area (Å²) in [5.74, 6) is 0.107. The molecule has 2 atom stereocenters. The lowest BCUT2D eigenvalue weighted by Crippen LogP contribution is -2.48. The number of Topliss-reactive ketones (excluding diaryl/α,β-unsaturated/α-hetero) is 1. The quantitative estimate of drug-likeness (QED) is 0.359. The van der Waals surface area contributed by atoms with E-state index in [9.17, 15) is 18.4 Å². The summed E-state index contributed by atoms with van der Waals surface area (Å²) in [7, 11) is 0. The maximum absolute atomic E-state index is 13.5. The Hall–Kier alpha value is -2.19. The molecule has 0 saturated carbocycles. The normalized spacial score (nSPS) is 13.2. The smallest absolute Gasteiger partial charge is 0.251 e. The molecule has 1 aromatic carbocycles. The van der Waals surface area contributed by atoms with Crippen molar-refractivity contribution in [2.24, 2.45) is 5.92 Å². The summed E-state index contributed by atoms with van der Waals surface area (Å²) in [6.45, 7) is 6.54. The van der Waals surface area contributed by atoms with E-state index in [1.54, 1.807) is 6.26 Å². The minimum absolute atomic E-state index is 0.0609. The molecular weight excluding hydrogens is 446 g/mol. The molecule has 8 heteroatoms. The van der Waals surface area contributed by atoms with Crippen LogP contribution in [-0.4, -0.2) is 36.1 Å². The first kappa shape index (κ1) is 27.1. The van der Waals surface area contributed by atoms with Crippen LogP contribution < -0.4 is 10.6 Å². The largest absolute Gasteiger partial charge is 0.468 e. The highest BCUT2D eigenvalue weighted by Crippen LogP contribution is 2.15. The van der Waals surface area contributed by atoms with E-state index in [-0.39, 0.29) is 29.3 Å². The van der Waals surface area contributed by atoms with Crippen LogP contribution in [-0.2, 0) is 10.5 Å². The first-order valence-corrected chi connectivity index (χ1v) is 12.6. The van der Waals surface area contributed by atoms with Crippen molar-refractivity contribution in [2.75, 3.05) is 12.3 Å². The standard InChI is InChI=1S/C25H34F2N2O3S/c1-4-5-8-23(24(30)16-33-15-22-7-6-9-32-22)28-14-21(10-17(2)3)29-25(31)18-11-19(26)13-20(27)12-18/h6-7,9,11-13,17,21,23,28H,4-5,8,10,14-16H2,1-3H3,(H,29,31). The first-order valence-electron chi connectivity index (χ1n) is 11.4. The lowest BCUT2D eigenvalue weighted by atomic mass is 10.0. The van der Waals surface area contributed by atoms with Crippen molar-refractivity contribution < 1.29 is 22.8 Å². The fourth-order valence-corrected chi connectivity index (χ4v) is 4.40. The van der Waals surface area contributed by atoms with Gasteiger partial charge in [-0.25, -0.2) is 8.78 Å². The number of furan rings is 1.